The summed E-state index contributed by atoms with van der Waals surface area (Å²) in [5.41, 5.74) is 11.5. The molecule has 0 amide bonds. The van der Waals surface area contributed by atoms with Gasteiger partial charge in [0.05, 0.1) is 30.5 Å². The van der Waals surface area contributed by atoms with Crippen molar-refractivity contribution in [1.82, 2.24) is 14.5 Å². The third kappa shape index (κ3) is 7.53. The van der Waals surface area contributed by atoms with Crippen LogP contribution in [0.25, 0.3) is 61.3 Å². The molecule has 0 unspecified atom stereocenters. The number of pyridine rings is 1. The Bertz CT molecular complexity index is 2570. The Kier molecular flexibility index (Phi) is 11.2. The first-order chi connectivity index (χ1) is 25.7. The van der Waals surface area contributed by atoms with Gasteiger partial charge in [-0.05, 0) is 57.9 Å². The molecular formula is C48H49IrN3OSi-2. The average Bonchev–Trinajstić information content (AvgIpc) is 3.73. The van der Waals surface area contributed by atoms with Crippen LogP contribution in [0.5, 0.6) is 0 Å². The van der Waals surface area contributed by atoms with Gasteiger partial charge in [0.1, 0.15) is 5.58 Å². The number of hydrogen-bond donors (Lipinski definition) is 0. The van der Waals surface area contributed by atoms with E-state index in [0.29, 0.717) is 11.8 Å². The number of nitrogens with zero attached hydrogens (tertiary/aromatic N) is 3. The summed E-state index contributed by atoms with van der Waals surface area (Å²) in [5, 5.41) is 3.47. The monoisotopic (exact) mass is 905 g/mol. The molecule has 8 aromatic rings. The first-order valence-corrected chi connectivity index (χ1v) is 22.1. The molecule has 0 saturated heterocycles. The summed E-state index contributed by atoms with van der Waals surface area (Å²) in [7, 11) is -1.50. The number of benzene rings is 5. The van der Waals surface area contributed by atoms with E-state index in [-0.39, 0.29) is 20.1 Å². The molecule has 0 aliphatic carbocycles. The first kappa shape index (κ1) is 37.7. The number of fused-ring (bicyclic) bond motifs is 4. The molecule has 54 heavy (non-hydrogen) atoms. The summed E-state index contributed by atoms with van der Waals surface area (Å²) in [6, 6.07) is 43.9. The minimum Gasteiger partial charge on any atom is -0.501 e. The number of hydrogen-bond acceptors (Lipinski definition) is 3. The van der Waals surface area contributed by atoms with Crippen molar-refractivity contribution in [2.45, 2.75) is 78.9 Å². The summed E-state index contributed by atoms with van der Waals surface area (Å²) in [5.74, 6) is 0.991. The van der Waals surface area contributed by atoms with Crippen LogP contribution in [0, 0.1) is 12.1 Å². The second kappa shape index (κ2) is 16.0. The SMILES string of the molecule is CC(C)c1cccc(C(C)C)c1-n1c(-c2[c-]ccc3c2oc2ccccc23)nc2ccccc21.[2H]C(C)(C)c1cc(-c2[c-]cccc2)ncc1[Si](C)(C)C.[Ir]. The standard InChI is InChI=1S/C31H27N2O.C17H22NSi.Ir/c1-19(2)21-12-9-13-22(20(3)4)29(21)33-27-17-7-6-16-26(27)32-31(33)25-15-10-14-24-23-11-5-8-18-28(23)34-30(24)25;1-13(2)15-11-16(14-9-7-6-8-10-14)18-12-17(15)19(3,4)5;/h5-14,16-20H,1-4H3;6-9,11-13H,1-5H3;/q2*-1;/i;13D;. The molecule has 5 aromatic carbocycles. The number of furan rings is 1. The van der Waals surface area contributed by atoms with Crippen molar-refractivity contribution < 1.29 is 25.9 Å². The van der Waals surface area contributed by atoms with E-state index in [0.717, 1.165) is 61.2 Å². The Hall–Kier alpha value is -4.61. The van der Waals surface area contributed by atoms with Crippen LogP contribution in [0.1, 0.15) is 77.3 Å². The average molecular weight is 905 g/mol. The van der Waals surface area contributed by atoms with Crippen LogP contribution < -0.4 is 5.19 Å². The predicted molar refractivity (Wildman–Crippen MR) is 226 cm³/mol. The third-order valence-corrected chi connectivity index (χ3v) is 11.9. The summed E-state index contributed by atoms with van der Waals surface area (Å²) in [6.07, 6.45) is 1.98. The van der Waals surface area contributed by atoms with Crippen LogP contribution in [0.15, 0.2) is 120 Å². The van der Waals surface area contributed by atoms with Crippen LogP contribution in [-0.4, -0.2) is 22.6 Å². The Balaban J connectivity index is 0.000000211. The fourth-order valence-electron chi connectivity index (χ4n) is 7.21. The summed E-state index contributed by atoms with van der Waals surface area (Å²) in [4.78, 5) is 9.76. The van der Waals surface area contributed by atoms with Crippen molar-refractivity contribution in [2.75, 3.05) is 0 Å². The van der Waals surface area contributed by atoms with Gasteiger partial charge in [0, 0.05) is 38.7 Å². The Morgan fingerprint density at radius 2 is 1.41 bits per heavy atom. The zero-order valence-corrected chi connectivity index (χ0v) is 36.1. The van der Waals surface area contributed by atoms with Gasteiger partial charge in [-0.3, -0.25) is 4.98 Å². The molecule has 277 valence electrons. The van der Waals surface area contributed by atoms with Crippen molar-refractivity contribution in [2.24, 2.45) is 0 Å². The first-order valence-electron chi connectivity index (χ1n) is 19.1. The molecule has 3 heterocycles. The van der Waals surface area contributed by atoms with Gasteiger partial charge in [0.25, 0.3) is 0 Å². The van der Waals surface area contributed by atoms with Gasteiger partial charge >= 0.3 is 0 Å². The maximum atomic E-state index is 8.44. The van der Waals surface area contributed by atoms with E-state index in [1.807, 2.05) is 68.6 Å². The molecule has 1 radical (unpaired) electrons. The van der Waals surface area contributed by atoms with Gasteiger partial charge in [-0.15, -0.1) is 54.1 Å². The van der Waals surface area contributed by atoms with E-state index >= 15 is 0 Å². The Morgan fingerprint density at radius 1 is 0.722 bits per heavy atom. The van der Waals surface area contributed by atoms with E-state index in [1.54, 1.807) is 0 Å². The van der Waals surface area contributed by atoms with E-state index in [9.17, 15) is 0 Å². The van der Waals surface area contributed by atoms with Gasteiger partial charge in [-0.25, -0.2) is 0 Å². The fraction of sp³-hybridized carbons (Fsp3) is 0.250. The summed E-state index contributed by atoms with van der Waals surface area (Å²) >= 11 is 0. The number of rotatable bonds is 7. The van der Waals surface area contributed by atoms with Crippen molar-refractivity contribution >= 4 is 46.2 Å². The maximum Gasteiger partial charge on any atom is 0.120 e. The number of para-hydroxylation sites is 4. The molecule has 0 bridgehead atoms. The van der Waals surface area contributed by atoms with Gasteiger partial charge in [0.15, 0.2) is 0 Å². The molecule has 4 nitrogen and oxygen atoms in total. The van der Waals surface area contributed by atoms with Gasteiger partial charge in [-0.2, -0.15) is 0 Å². The predicted octanol–water partition coefficient (Wildman–Crippen LogP) is 12.9. The molecule has 3 aromatic heterocycles. The van der Waals surface area contributed by atoms with Crippen LogP contribution in [-0.2, 0) is 20.1 Å². The van der Waals surface area contributed by atoms with Crippen molar-refractivity contribution in [3.8, 4) is 28.3 Å². The van der Waals surface area contributed by atoms with E-state index in [1.165, 1.54) is 22.0 Å². The van der Waals surface area contributed by atoms with E-state index in [4.69, 9.17) is 10.8 Å². The fourth-order valence-corrected chi connectivity index (χ4v) is 8.80. The second-order valence-electron chi connectivity index (χ2n) is 15.7. The third-order valence-electron chi connectivity index (χ3n) is 9.92. The van der Waals surface area contributed by atoms with Crippen LogP contribution in [0.2, 0.25) is 19.6 Å². The molecule has 0 aliphatic rings. The van der Waals surface area contributed by atoms with Gasteiger partial charge in [0.2, 0.25) is 0 Å². The Morgan fingerprint density at radius 3 is 2.07 bits per heavy atom. The molecule has 0 aliphatic heterocycles. The smallest absolute Gasteiger partial charge is 0.120 e. The minimum atomic E-state index is -1.50. The minimum absolute atomic E-state index is 0. The molecule has 0 atom stereocenters. The number of imidazole rings is 1. The molecule has 8 rings (SSSR count). The Labute approximate surface area is 336 Å². The second-order valence-corrected chi connectivity index (χ2v) is 20.7. The van der Waals surface area contributed by atoms with Crippen LogP contribution >= 0.6 is 0 Å². The zero-order valence-electron chi connectivity index (χ0n) is 33.7. The van der Waals surface area contributed by atoms with Crippen LogP contribution in [0.3, 0.4) is 0 Å². The molecule has 0 spiro atoms. The van der Waals surface area contributed by atoms with Gasteiger partial charge < -0.3 is 14.0 Å². The quantitative estimate of drug-likeness (QED) is 0.118. The molecular weight excluding hydrogens is 855 g/mol. The van der Waals surface area contributed by atoms with Crippen molar-refractivity contribution in [3.05, 3.63) is 144 Å². The van der Waals surface area contributed by atoms with Gasteiger partial charge in [-0.1, -0.05) is 132 Å². The number of aromatic nitrogens is 3. The molecule has 0 N–H and O–H groups in total. The normalized spacial score (nSPS) is 12.2. The molecule has 6 heteroatoms. The van der Waals surface area contributed by atoms with E-state index in [2.05, 4.69) is 130 Å². The topological polar surface area (TPSA) is 43.9 Å². The summed E-state index contributed by atoms with van der Waals surface area (Å²) < 4.78 is 17.2. The summed E-state index contributed by atoms with van der Waals surface area (Å²) in [6.45, 7) is 19.8. The van der Waals surface area contributed by atoms with Crippen molar-refractivity contribution in [1.29, 1.82) is 0 Å². The molecule has 0 fully saturated rings. The van der Waals surface area contributed by atoms with E-state index < -0.39 is 14.0 Å². The largest absolute Gasteiger partial charge is 0.501 e. The maximum absolute atomic E-state index is 8.44. The molecule has 0 saturated carbocycles. The van der Waals surface area contributed by atoms with Crippen LogP contribution in [0.4, 0.5) is 0 Å². The van der Waals surface area contributed by atoms with Crippen molar-refractivity contribution in [3.63, 3.8) is 0 Å². The zero-order chi connectivity index (χ0) is 38.4.